The molecule has 1 aromatic carbocycles. The largest absolute Gasteiger partial charge is 0.449 e. The van der Waals surface area contributed by atoms with E-state index in [1.54, 1.807) is 29.1 Å². The summed E-state index contributed by atoms with van der Waals surface area (Å²) in [5.41, 5.74) is 2.56. The minimum atomic E-state index is -0.344. The second-order valence-corrected chi connectivity index (χ2v) is 8.29. The highest BCUT2D eigenvalue weighted by atomic mass is 35.5. The molecule has 2 atom stereocenters. The Morgan fingerprint density at radius 3 is 2.45 bits per heavy atom. The molecule has 1 aliphatic heterocycles. The lowest BCUT2D eigenvalue weighted by atomic mass is 9.92. The topological polar surface area (TPSA) is 75.6 Å². The summed E-state index contributed by atoms with van der Waals surface area (Å²) >= 11 is 6.46. The minimum absolute atomic E-state index is 0.0453. The van der Waals surface area contributed by atoms with Crippen LogP contribution < -0.4 is 0 Å². The number of nitrogens with zero attached hydrogens (tertiary/aromatic N) is 4. The number of aromatic nitrogens is 2. The van der Waals surface area contributed by atoms with E-state index >= 15 is 0 Å². The molecule has 2 amide bonds. The Kier molecular flexibility index (Phi) is 7.49. The third-order valence-corrected chi connectivity index (χ3v) is 5.82. The van der Waals surface area contributed by atoms with Crippen LogP contribution in [0.2, 0.25) is 5.02 Å². The minimum Gasteiger partial charge on any atom is -0.449 e. The van der Waals surface area contributed by atoms with Gasteiger partial charge in [-0.1, -0.05) is 24.9 Å². The lowest BCUT2D eigenvalue weighted by molar-refractivity contribution is -0.135. The molecule has 31 heavy (non-hydrogen) atoms. The van der Waals surface area contributed by atoms with E-state index in [1.807, 2.05) is 39.0 Å². The smallest absolute Gasteiger partial charge is 0.410 e. The van der Waals surface area contributed by atoms with Gasteiger partial charge in [-0.15, -0.1) is 0 Å². The molecule has 0 saturated carbocycles. The lowest BCUT2D eigenvalue weighted by Gasteiger charge is -2.45. The molecule has 1 saturated heterocycles. The molecule has 0 N–H and O–H groups in total. The first-order valence-electron chi connectivity index (χ1n) is 10.6. The van der Waals surface area contributed by atoms with Gasteiger partial charge < -0.3 is 14.5 Å². The van der Waals surface area contributed by atoms with Crippen LogP contribution in [0.5, 0.6) is 0 Å². The second kappa shape index (κ2) is 10.1. The molecule has 1 aliphatic rings. The lowest BCUT2D eigenvalue weighted by Crippen LogP contribution is -2.56. The summed E-state index contributed by atoms with van der Waals surface area (Å²) in [6, 6.07) is 5.08. The number of hydrogen-bond acceptors (Lipinski definition) is 5. The van der Waals surface area contributed by atoms with E-state index in [1.165, 1.54) is 0 Å². The Labute approximate surface area is 188 Å². The van der Waals surface area contributed by atoms with Gasteiger partial charge in [0.15, 0.2) is 0 Å². The zero-order valence-electron chi connectivity index (χ0n) is 18.5. The maximum atomic E-state index is 12.7. The quantitative estimate of drug-likeness (QED) is 0.628. The van der Waals surface area contributed by atoms with Crippen LogP contribution in [0, 0.1) is 6.92 Å². The van der Waals surface area contributed by atoms with Gasteiger partial charge >= 0.3 is 6.09 Å². The second-order valence-electron chi connectivity index (χ2n) is 7.85. The van der Waals surface area contributed by atoms with Gasteiger partial charge in [0.1, 0.15) is 5.82 Å². The van der Waals surface area contributed by atoms with Crippen molar-refractivity contribution < 1.29 is 14.3 Å². The van der Waals surface area contributed by atoms with E-state index in [2.05, 4.69) is 9.97 Å². The third-order valence-electron chi connectivity index (χ3n) is 5.60. The summed E-state index contributed by atoms with van der Waals surface area (Å²) in [6.07, 6.45) is 4.94. The Bertz CT molecular complexity index is 935. The van der Waals surface area contributed by atoms with Crippen LogP contribution in [0.25, 0.3) is 11.1 Å². The molecule has 1 aromatic heterocycles. The fraction of sp³-hybridized carbons (Fsp3) is 0.478. The van der Waals surface area contributed by atoms with Gasteiger partial charge in [0, 0.05) is 43.0 Å². The summed E-state index contributed by atoms with van der Waals surface area (Å²) in [7, 11) is 0. The number of carbonyl (C=O) groups is 2. The molecule has 0 spiro atoms. The Hall–Kier alpha value is -2.67. The molecule has 0 bridgehead atoms. The van der Waals surface area contributed by atoms with Crippen LogP contribution in [-0.2, 0) is 9.53 Å². The van der Waals surface area contributed by atoms with Crippen LogP contribution >= 0.6 is 11.6 Å². The molecule has 2 heterocycles. The third kappa shape index (κ3) is 5.34. The van der Waals surface area contributed by atoms with Crippen molar-refractivity contribution in [2.24, 2.45) is 0 Å². The molecule has 0 aliphatic carbocycles. The van der Waals surface area contributed by atoms with Crippen molar-refractivity contribution in [3.8, 4) is 11.1 Å². The molecular formula is C23H29ClN4O3. The predicted octanol–water partition coefficient (Wildman–Crippen LogP) is 4.64. The van der Waals surface area contributed by atoms with Crippen molar-refractivity contribution in [3.63, 3.8) is 0 Å². The van der Waals surface area contributed by atoms with Crippen molar-refractivity contribution in [1.82, 2.24) is 19.8 Å². The van der Waals surface area contributed by atoms with E-state index in [9.17, 15) is 9.59 Å². The molecule has 8 heteroatoms. The number of amides is 2. The molecule has 2 unspecified atom stereocenters. The van der Waals surface area contributed by atoms with E-state index in [4.69, 9.17) is 16.3 Å². The summed E-state index contributed by atoms with van der Waals surface area (Å²) in [5, 5.41) is 0.548. The maximum Gasteiger partial charge on any atom is 0.410 e. The number of carbonyl (C=O) groups excluding carboxylic acids is 2. The van der Waals surface area contributed by atoms with Gasteiger partial charge in [-0.25, -0.2) is 14.8 Å². The first-order chi connectivity index (χ1) is 14.8. The highest BCUT2D eigenvalue weighted by Crippen LogP contribution is 2.35. The van der Waals surface area contributed by atoms with Crippen molar-refractivity contribution in [1.29, 1.82) is 0 Å². The number of halogens is 1. The van der Waals surface area contributed by atoms with E-state index in [0.717, 1.165) is 29.5 Å². The fourth-order valence-corrected chi connectivity index (χ4v) is 4.18. The van der Waals surface area contributed by atoms with Crippen LogP contribution in [0.4, 0.5) is 4.79 Å². The standard InChI is InChI=1S/C23H29ClN4O3/c1-5-6-9-31-23(30)27-7-8-28(17(4)29)22(15(27)2)19-10-18(11-21(24)12-19)20-13-25-16(3)26-14-20/h10-15,22H,5-9H2,1-4H3. The average Bonchev–Trinajstić information content (AvgIpc) is 2.73. The number of aryl methyl sites for hydroxylation is 1. The molecular weight excluding hydrogens is 416 g/mol. The average molecular weight is 445 g/mol. The van der Waals surface area contributed by atoms with Crippen molar-refractivity contribution in [3.05, 3.63) is 47.0 Å². The van der Waals surface area contributed by atoms with Gasteiger partial charge in [0.25, 0.3) is 0 Å². The number of rotatable bonds is 5. The maximum absolute atomic E-state index is 12.7. The molecule has 0 radical (unpaired) electrons. The zero-order chi connectivity index (χ0) is 22.5. The molecule has 7 nitrogen and oxygen atoms in total. The summed E-state index contributed by atoms with van der Waals surface area (Å²) < 4.78 is 5.44. The Balaban J connectivity index is 1.95. The molecule has 166 valence electrons. The fourth-order valence-electron chi connectivity index (χ4n) is 3.94. The van der Waals surface area contributed by atoms with Crippen molar-refractivity contribution in [2.75, 3.05) is 19.7 Å². The highest BCUT2D eigenvalue weighted by molar-refractivity contribution is 6.31. The Morgan fingerprint density at radius 1 is 1.13 bits per heavy atom. The number of unbranched alkanes of at least 4 members (excludes halogenated alkanes) is 1. The summed E-state index contributed by atoms with van der Waals surface area (Å²) in [5.74, 6) is 0.642. The van der Waals surface area contributed by atoms with Gasteiger partial charge in [-0.2, -0.15) is 0 Å². The van der Waals surface area contributed by atoms with Crippen molar-refractivity contribution >= 4 is 23.6 Å². The highest BCUT2D eigenvalue weighted by Gasteiger charge is 2.39. The van der Waals surface area contributed by atoms with E-state index in [0.29, 0.717) is 30.5 Å². The summed E-state index contributed by atoms with van der Waals surface area (Å²) in [6.45, 7) is 8.63. The zero-order valence-corrected chi connectivity index (χ0v) is 19.2. The first-order valence-corrected chi connectivity index (χ1v) is 11.0. The Morgan fingerprint density at radius 2 is 1.81 bits per heavy atom. The molecule has 1 fully saturated rings. The summed E-state index contributed by atoms with van der Waals surface area (Å²) in [4.78, 5) is 37.1. The van der Waals surface area contributed by atoms with Gasteiger partial charge in [-0.3, -0.25) is 4.79 Å². The first kappa shape index (κ1) is 23.0. The van der Waals surface area contributed by atoms with E-state index in [-0.39, 0.29) is 24.1 Å². The van der Waals surface area contributed by atoms with Crippen molar-refractivity contribution in [2.45, 2.75) is 52.6 Å². The number of hydrogen-bond donors (Lipinski definition) is 0. The van der Waals surface area contributed by atoms with Crippen LogP contribution in [0.1, 0.15) is 51.0 Å². The predicted molar refractivity (Wildman–Crippen MR) is 120 cm³/mol. The number of ether oxygens (including phenoxy) is 1. The monoisotopic (exact) mass is 444 g/mol. The molecule has 3 rings (SSSR count). The van der Waals surface area contributed by atoms with Crippen LogP contribution in [0.15, 0.2) is 30.6 Å². The SMILES string of the molecule is CCCCOC(=O)N1CCN(C(C)=O)C(c2cc(Cl)cc(-c3cnc(C)nc3)c2)C1C. The van der Waals surface area contributed by atoms with Gasteiger partial charge in [0.05, 0.1) is 18.7 Å². The number of piperazine rings is 1. The molecule has 2 aromatic rings. The van der Waals surface area contributed by atoms with Crippen LogP contribution in [-0.4, -0.2) is 57.5 Å². The van der Waals surface area contributed by atoms with Gasteiger partial charge in [0.2, 0.25) is 5.91 Å². The number of benzene rings is 1. The van der Waals surface area contributed by atoms with Gasteiger partial charge in [-0.05, 0) is 49.6 Å². The normalized spacial score (nSPS) is 18.7. The van der Waals surface area contributed by atoms with E-state index < -0.39 is 0 Å². The van der Waals surface area contributed by atoms with Crippen LogP contribution in [0.3, 0.4) is 0 Å².